The Morgan fingerprint density at radius 3 is 2.83 bits per heavy atom. The van der Waals surface area contributed by atoms with E-state index in [-0.39, 0.29) is 5.91 Å². The molecule has 1 aliphatic rings. The van der Waals surface area contributed by atoms with E-state index in [9.17, 15) is 10.1 Å². The third-order valence-corrected chi connectivity index (χ3v) is 4.04. The lowest BCUT2D eigenvalue weighted by atomic mass is 9.63. The number of hydrogen-bond donors (Lipinski definition) is 1. The predicted octanol–water partition coefficient (Wildman–Crippen LogP) is 3.98. The second-order valence-electron chi connectivity index (χ2n) is 4.79. The molecule has 0 bridgehead atoms. The summed E-state index contributed by atoms with van der Waals surface area (Å²) in [5, 5.41) is 12.4. The summed E-state index contributed by atoms with van der Waals surface area (Å²) in [6, 6.07) is 7.36. The van der Waals surface area contributed by atoms with E-state index in [4.69, 9.17) is 11.6 Å². The zero-order chi connectivity index (χ0) is 13.3. The third kappa shape index (κ3) is 2.38. The maximum absolute atomic E-state index is 12.1. The van der Waals surface area contributed by atoms with Crippen molar-refractivity contribution < 1.29 is 4.79 Å². The van der Waals surface area contributed by atoms with Gasteiger partial charge in [-0.05, 0) is 37.0 Å². The summed E-state index contributed by atoms with van der Waals surface area (Å²) in [4.78, 5) is 12.1. The van der Waals surface area contributed by atoms with E-state index in [0.717, 1.165) is 4.47 Å². The maximum atomic E-state index is 12.1. The van der Waals surface area contributed by atoms with Crippen molar-refractivity contribution in [2.75, 3.05) is 5.32 Å². The smallest absolute Gasteiger partial charge is 0.244 e. The van der Waals surface area contributed by atoms with Crippen LogP contribution < -0.4 is 5.32 Å². The second-order valence-corrected chi connectivity index (χ2v) is 6.11. The fraction of sp³-hybridized carbons (Fsp3) is 0.385. The van der Waals surface area contributed by atoms with Crippen LogP contribution in [0.2, 0.25) is 5.02 Å². The summed E-state index contributed by atoms with van der Waals surface area (Å²) in [6.07, 6.45) is 1.22. The molecule has 94 valence electrons. The van der Waals surface area contributed by atoms with Crippen LogP contribution in [0.25, 0.3) is 0 Å². The van der Waals surface area contributed by atoms with E-state index in [2.05, 4.69) is 27.3 Å². The topological polar surface area (TPSA) is 52.9 Å². The van der Waals surface area contributed by atoms with Crippen molar-refractivity contribution in [3.8, 4) is 6.07 Å². The molecule has 1 saturated carbocycles. The lowest BCUT2D eigenvalue weighted by Crippen LogP contribution is -2.45. The van der Waals surface area contributed by atoms with Gasteiger partial charge in [0.15, 0.2) is 0 Å². The Bertz CT molecular complexity index is 532. The van der Waals surface area contributed by atoms with Crippen LogP contribution in [0.4, 0.5) is 5.69 Å². The highest BCUT2D eigenvalue weighted by Gasteiger charge is 2.49. The number of nitrogens with one attached hydrogen (secondary N) is 1. The zero-order valence-electron chi connectivity index (χ0n) is 9.84. The van der Waals surface area contributed by atoms with Gasteiger partial charge in [0, 0.05) is 4.47 Å². The molecule has 0 aromatic heterocycles. The van der Waals surface area contributed by atoms with Crippen LogP contribution in [0.1, 0.15) is 19.8 Å². The van der Waals surface area contributed by atoms with Crippen molar-refractivity contribution >= 4 is 39.1 Å². The Kier molecular flexibility index (Phi) is 3.65. The van der Waals surface area contributed by atoms with Gasteiger partial charge in [-0.25, -0.2) is 0 Å². The SMILES string of the molecule is CC1CC(C#N)(C(=O)Nc2cc(Br)ccc2Cl)C1. The molecule has 2 rings (SSSR count). The van der Waals surface area contributed by atoms with Crippen molar-refractivity contribution in [1.29, 1.82) is 5.26 Å². The Labute approximate surface area is 119 Å². The van der Waals surface area contributed by atoms with Gasteiger partial charge in [0.1, 0.15) is 5.41 Å². The van der Waals surface area contributed by atoms with Gasteiger partial charge in [0.25, 0.3) is 0 Å². The summed E-state index contributed by atoms with van der Waals surface area (Å²) in [7, 11) is 0. The molecular weight excluding hydrogens is 316 g/mol. The van der Waals surface area contributed by atoms with E-state index < -0.39 is 5.41 Å². The van der Waals surface area contributed by atoms with E-state index in [1.807, 2.05) is 6.92 Å². The average Bonchev–Trinajstić information content (AvgIpc) is 2.29. The lowest BCUT2D eigenvalue weighted by molar-refractivity contribution is -0.128. The number of nitriles is 1. The summed E-state index contributed by atoms with van der Waals surface area (Å²) in [5.74, 6) is 0.163. The first-order valence-electron chi connectivity index (χ1n) is 5.64. The minimum atomic E-state index is -0.884. The highest BCUT2D eigenvalue weighted by molar-refractivity contribution is 9.10. The van der Waals surface area contributed by atoms with Crippen LogP contribution in [0.5, 0.6) is 0 Å². The Hall–Kier alpha value is -1.05. The molecule has 0 saturated heterocycles. The first-order valence-corrected chi connectivity index (χ1v) is 6.82. The normalized spacial score (nSPS) is 26.0. The Balaban J connectivity index is 2.17. The number of halogens is 2. The average molecular weight is 328 g/mol. The molecule has 0 aliphatic heterocycles. The number of rotatable bonds is 2. The third-order valence-electron chi connectivity index (χ3n) is 3.22. The second kappa shape index (κ2) is 4.91. The van der Waals surface area contributed by atoms with Gasteiger partial charge in [-0.2, -0.15) is 5.26 Å². The van der Waals surface area contributed by atoms with Crippen LogP contribution in [0, 0.1) is 22.7 Å². The Morgan fingerprint density at radius 1 is 1.61 bits per heavy atom. The van der Waals surface area contributed by atoms with E-state index in [0.29, 0.717) is 29.5 Å². The molecule has 0 atom stereocenters. The standard InChI is InChI=1S/C13H12BrClN2O/c1-8-5-13(6-8,7-16)12(18)17-11-4-9(14)2-3-10(11)15/h2-4,8H,5-6H2,1H3,(H,17,18). The minimum absolute atomic E-state index is 0.261. The largest absolute Gasteiger partial charge is 0.323 e. The molecule has 0 radical (unpaired) electrons. The van der Waals surface area contributed by atoms with Crippen LogP contribution in [0.15, 0.2) is 22.7 Å². The molecule has 0 unspecified atom stereocenters. The van der Waals surface area contributed by atoms with Crippen LogP contribution in [0.3, 0.4) is 0 Å². The number of carbonyl (C=O) groups is 1. The van der Waals surface area contributed by atoms with Gasteiger partial charge in [-0.3, -0.25) is 4.79 Å². The molecular formula is C13H12BrClN2O. The zero-order valence-corrected chi connectivity index (χ0v) is 12.2. The van der Waals surface area contributed by atoms with Crippen molar-refractivity contribution in [3.05, 3.63) is 27.7 Å². The molecule has 3 nitrogen and oxygen atoms in total. The van der Waals surface area contributed by atoms with Gasteiger partial charge in [-0.15, -0.1) is 0 Å². The van der Waals surface area contributed by atoms with Crippen LogP contribution >= 0.6 is 27.5 Å². The maximum Gasteiger partial charge on any atom is 0.244 e. The van der Waals surface area contributed by atoms with Crippen LogP contribution in [-0.4, -0.2) is 5.91 Å². The number of hydrogen-bond acceptors (Lipinski definition) is 2. The van der Waals surface area contributed by atoms with Gasteiger partial charge in [-0.1, -0.05) is 34.5 Å². The number of amides is 1. The highest BCUT2D eigenvalue weighted by atomic mass is 79.9. The van der Waals surface area contributed by atoms with Crippen molar-refractivity contribution in [1.82, 2.24) is 0 Å². The molecule has 1 fully saturated rings. The van der Waals surface area contributed by atoms with E-state index in [1.54, 1.807) is 18.2 Å². The molecule has 0 spiro atoms. The quantitative estimate of drug-likeness (QED) is 0.893. The molecule has 18 heavy (non-hydrogen) atoms. The lowest BCUT2D eigenvalue weighted by Gasteiger charge is -2.39. The monoisotopic (exact) mass is 326 g/mol. The molecule has 5 heteroatoms. The first kappa shape index (κ1) is 13.4. The van der Waals surface area contributed by atoms with Crippen molar-refractivity contribution in [2.24, 2.45) is 11.3 Å². The fourth-order valence-corrected chi connectivity index (χ4v) is 2.82. The fourth-order valence-electron chi connectivity index (χ4n) is 2.29. The Morgan fingerprint density at radius 2 is 2.28 bits per heavy atom. The number of carbonyl (C=O) groups excluding carboxylic acids is 1. The van der Waals surface area contributed by atoms with E-state index in [1.165, 1.54) is 0 Å². The first-order chi connectivity index (χ1) is 8.47. The summed E-state index contributed by atoms with van der Waals surface area (Å²) in [5.41, 5.74) is -0.351. The molecule has 1 aliphatic carbocycles. The number of benzene rings is 1. The van der Waals surface area contributed by atoms with Gasteiger partial charge < -0.3 is 5.32 Å². The van der Waals surface area contributed by atoms with Gasteiger partial charge in [0.05, 0.1) is 16.8 Å². The predicted molar refractivity (Wildman–Crippen MR) is 74.2 cm³/mol. The number of nitrogens with zero attached hydrogens (tertiary/aromatic N) is 1. The van der Waals surface area contributed by atoms with Gasteiger partial charge in [0.2, 0.25) is 5.91 Å². The highest BCUT2D eigenvalue weighted by Crippen LogP contribution is 2.46. The van der Waals surface area contributed by atoms with Crippen molar-refractivity contribution in [3.63, 3.8) is 0 Å². The van der Waals surface area contributed by atoms with Crippen LogP contribution in [-0.2, 0) is 4.79 Å². The molecule has 0 heterocycles. The molecule has 1 aromatic carbocycles. The molecule has 1 aromatic rings. The molecule has 1 amide bonds. The number of anilines is 1. The summed E-state index contributed by atoms with van der Waals surface area (Å²) >= 11 is 9.32. The molecule has 1 N–H and O–H groups in total. The van der Waals surface area contributed by atoms with Gasteiger partial charge >= 0.3 is 0 Å². The van der Waals surface area contributed by atoms with E-state index >= 15 is 0 Å². The van der Waals surface area contributed by atoms with Crippen molar-refractivity contribution in [2.45, 2.75) is 19.8 Å². The minimum Gasteiger partial charge on any atom is -0.323 e. The summed E-state index contributed by atoms with van der Waals surface area (Å²) in [6.45, 7) is 2.04. The summed E-state index contributed by atoms with van der Waals surface area (Å²) < 4.78 is 0.829.